The summed E-state index contributed by atoms with van der Waals surface area (Å²) >= 11 is 0. The molecule has 3 atom stereocenters. The van der Waals surface area contributed by atoms with E-state index in [1.807, 2.05) is 12.5 Å². The highest BCUT2D eigenvalue weighted by Crippen LogP contribution is 2.43. The average molecular weight is 269 g/mol. The number of hydrogen-bond acceptors (Lipinski definition) is 3. The third-order valence-corrected chi connectivity index (χ3v) is 4.76. The van der Waals surface area contributed by atoms with Gasteiger partial charge in [-0.3, -0.25) is 4.90 Å². The van der Waals surface area contributed by atoms with Crippen molar-refractivity contribution in [1.82, 2.24) is 14.5 Å². The van der Waals surface area contributed by atoms with E-state index in [4.69, 9.17) is 0 Å². The monoisotopic (exact) mass is 269 g/mol. The molecular formula is C16H19N3O. The lowest BCUT2D eigenvalue weighted by atomic mass is 9.89. The Hall–Kier alpha value is -1.65. The van der Waals surface area contributed by atoms with Crippen molar-refractivity contribution in [2.75, 3.05) is 13.6 Å². The number of benzene rings is 1. The number of piperidine rings is 1. The minimum absolute atomic E-state index is 0.125. The van der Waals surface area contributed by atoms with Crippen LogP contribution in [-0.2, 0) is 0 Å². The lowest BCUT2D eigenvalue weighted by molar-refractivity contribution is 0.00734. The SMILES string of the molecule is CN1CCCC(O)C1[C@@H]1c2ccccc2-c2cncn21. The highest BCUT2D eigenvalue weighted by Gasteiger charge is 2.41. The van der Waals surface area contributed by atoms with Gasteiger partial charge in [0.25, 0.3) is 0 Å². The van der Waals surface area contributed by atoms with Crippen molar-refractivity contribution in [2.45, 2.75) is 31.0 Å². The molecule has 4 nitrogen and oxygen atoms in total. The van der Waals surface area contributed by atoms with Crippen LogP contribution in [0.4, 0.5) is 0 Å². The van der Waals surface area contributed by atoms with Gasteiger partial charge in [-0.05, 0) is 32.0 Å². The first-order valence-corrected chi connectivity index (χ1v) is 7.27. The summed E-state index contributed by atoms with van der Waals surface area (Å²) in [5.74, 6) is 0. The molecule has 104 valence electrons. The van der Waals surface area contributed by atoms with Gasteiger partial charge in [0, 0.05) is 5.56 Å². The van der Waals surface area contributed by atoms with E-state index < -0.39 is 0 Å². The lowest BCUT2D eigenvalue weighted by Gasteiger charge is -2.40. The highest BCUT2D eigenvalue weighted by atomic mass is 16.3. The van der Waals surface area contributed by atoms with Crippen molar-refractivity contribution in [1.29, 1.82) is 0 Å². The number of aliphatic hydroxyl groups is 1. The van der Waals surface area contributed by atoms with Crippen LogP contribution < -0.4 is 0 Å². The second-order valence-corrected chi connectivity index (χ2v) is 5.90. The Kier molecular flexibility index (Phi) is 2.69. The maximum atomic E-state index is 10.5. The Labute approximate surface area is 118 Å². The molecule has 0 saturated carbocycles. The summed E-state index contributed by atoms with van der Waals surface area (Å²) in [6.45, 7) is 1.05. The van der Waals surface area contributed by atoms with Crippen molar-refractivity contribution < 1.29 is 5.11 Å². The number of aromatic nitrogens is 2. The molecule has 1 N–H and O–H groups in total. The quantitative estimate of drug-likeness (QED) is 0.860. The molecule has 2 aromatic rings. The second-order valence-electron chi connectivity index (χ2n) is 5.90. The Morgan fingerprint density at radius 2 is 2.15 bits per heavy atom. The van der Waals surface area contributed by atoms with Crippen molar-refractivity contribution in [3.63, 3.8) is 0 Å². The molecule has 20 heavy (non-hydrogen) atoms. The molecule has 1 saturated heterocycles. The molecular weight excluding hydrogens is 250 g/mol. The van der Waals surface area contributed by atoms with Crippen LogP contribution in [0.1, 0.15) is 24.4 Å². The lowest BCUT2D eigenvalue weighted by Crippen LogP contribution is -2.50. The highest BCUT2D eigenvalue weighted by molar-refractivity contribution is 5.69. The molecule has 0 aliphatic carbocycles. The Morgan fingerprint density at radius 1 is 1.30 bits per heavy atom. The first-order valence-electron chi connectivity index (χ1n) is 7.27. The number of hydrogen-bond donors (Lipinski definition) is 1. The fourth-order valence-corrected chi connectivity index (χ4v) is 3.84. The van der Waals surface area contributed by atoms with E-state index in [-0.39, 0.29) is 18.2 Å². The van der Waals surface area contributed by atoms with Crippen LogP contribution in [-0.4, -0.2) is 45.3 Å². The van der Waals surface area contributed by atoms with Gasteiger partial charge in [0.1, 0.15) is 0 Å². The molecule has 0 amide bonds. The third-order valence-electron chi connectivity index (χ3n) is 4.76. The minimum atomic E-state index is -0.278. The van der Waals surface area contributed by atoms with Gasteiger partial charge in [0.2, 0.25) is 0 Å². The second kappa shape index (κ2) is 4.43. The van der Waals surface area contributed by atoms with Crippen LogP contribution in [0.2, 0.25) is 0 Å². The zero-order valence-electron chi connectivity index (χ0n) is 11.6. The van der Waals surface area contributed by atoms with Gasteiger partial charge in [-0.2, -0.15) is 0 Å². The molecule has 1 aromatic carbocycles. The zero-order chi connectivity index (χ0) is 13.7. The number of imidazole rings is 1. The molecule has 4 heteroatoms. The number of likely N-dealkylation sites (tertiary alicyclic amines) is 1. The van der Waals surface area contributed by atoms with E-state index in [1.54, 1.807) is 0 Å². The van der Waals surface area contributed by atoms with Crippen LogP contribution in [0, 0.1) is 0 Å². The van der Waals surface area contributed by atoms with E-state index in [1.165, 1.54) is 11.1 Å². The number of nitrogens with zero attached hydrogens (tertiary/aromatic N) is 3. The molecule has 3 heterocycles. The van der Waals surface area contributed by atoms with E-state index in [0.717, 1.165) is 25.1 Å². The van der Waals surface area contributed by atoms with Crippen molar-refractivity contribution in [3.8, 4) is 11.3 Å². The van der Waals surface area contributed by atoms with Gasteiger partial charge in [-0.25, -0.2) is 4.98 Å². The number of aliphatic hydroxyl groups excluding tert-OH is 1. The van der Waals surface area contributed by atoms with Crippen LogP contribution >= 0.6 is 0 Å². The fourth-order valence-electron chi connectivity index (χ4n) is 3.84. The van der Waals surface area contributed by atoms with Crippen molar-refractivity contribution in [2.24, 2.45) is 0 Å². The smallest absolute Gasteiger partial charge is 0.0957 e. The summed E-state index contributed by atoms with van der Waals surface area (Å²) in [4.78, 5) is 6.60. The minimum Gasteiger partial charge on any atom is -0.391 e. The molecule has 4 rings (SSSR count). The summed E-state index contributed by atoms with van der Waals surface area (Å²) in [6.07, 6.45) is 5.50. The fraction of sp³-hybridized carbons (Fsp3) is 0.438. The summed E-state index contributed by atoms with van der Waals surface area (Å²) in [7, 11) is 2.12. The van der Waals surface area contributed by atoms with Gasteiger partial charge < -0.3 is 9.67 Å². The van der Waals surface area contributed by atoms with Crippen LogP contribution in [0.3, 0.4) is 0 Å². The molecule has 2 unspecified atom stereocenters. The Bertz CT molecular complexity index is 626. The molecule has 2 aliphatic heterocycles. The van der Waals surface area contributed by atoms with Gasteiger partial charge in [0.15, 0.2) is 0 Å². The molecule has 2 aliphatic rings. The third kappa shape index (κ3) is 1.58. The molecule has 0 bridgehead atoms. The van der Waals surface area contributed by atoms with Gasteiger partial charge in [-0.15, -0.1) is 0 Å². The van der Waals surface area contributed by atoms with E-state index in [2.05, 4.69) is 45.8 Å². The van der Waals surface area contributed by atoms with E-state index >= 15 is 0 Å². The standard InChI is InChI=1S/C16H19N3O/c1-18-8-4-7-14(20)16(18)15-12-6-3-2-5-11(12)13-9-17-10-19(13)15/h2-3,5-6,9-10,14-16,20H,4,7-8H2,1H3/t14?,15-,16?/m0/s1. The van der Waals surface area contributed by atoms with Crippen LogP contribution in [0.15, 0.2) is 36.8 Å². The Morgan fingerprint density at radius 3 is 3.00 bits per heavy atom. The van der Waals surface area contributed by atoms with Crippen molar-refractivity contribution >= 4 is 0 Å². The Balaban J connectivity index is 1.86. The first kappa shape index (κ1) is 12.1. The van der Waals surface area contributed by atoms with E-state index in [9.17, 15) is 5.11 Å². The van der Waals surface area contributed by atoms with E-state index in [0.29, 0.717) is 0 Å². The summed E-state index contributed by atoms with van der Waals surface area (Å²) in [6, 6.07) is 8.78. The number of rotatable bonds is 1. The summed E-state index contributed by atoms with van der Waals surface area (Å²) in [5, 5.41) is 10.5. The largest absolute Gasteiger partial charge is 0.391 e. The number of likely N-dealkylation sites (N-methyl/N-ethyl adjacent to an activating group) is 1. The predicted molar refractivity (Wildman–Crippen MR) is 77.5 cm³/mol. The summed E-state index contributed by atoms with van der Waals surface area (Å²) < 4.78 is 2.22. The maximum Gasteiger partial charge on any atom is 0.0957 e. The molecule has 1 fully saturated rings. The van der Waals surface area contributed by atoms with Gasteiger partial charge >= 0.3 is 0 Å². The zero-order valence-corrected chi connectivity index (χ0v) is 11.6. The molecule has 0 radical (unpaired) electrons. The number of fused-ring (bicyclic) bond motifs is 3. The van der Waals surface area contributed by atoms with Crippen molar-refractivity contribution in [3.05, 3.63) is 42.4 Å². The summed E-state index contributed by atoms with van der Waals surface area (Å²) in [5.41, 5.74) is 3.72. The molecule has 0 spiro atoms. The topological polar surface area (TPSA) is 41.3 Å². The van der Waals surface area contributed by atoms with Gasteiger partial charge in [0.05, 0.1) is 36.4 Å². The first-order chi connectivity index (χ1) is 9.77. The maximum absolute atomic E-state index is 10.5. The predicted octanol–water partition coefficient (Wildman–Crippen LogP) is 1.91. The molecule has 1 aromatic heterocycles. The normalized spacial score (nSPS) is 29.2. The van der Waals surface area contributed by atoms with Crippen LogP contribution in [0.25, 0.3) is 11.3 Å². The van der Waals surface area contributed by atoms with Gasteiger partial charge in [-0.1, -0.05) is 24.3 Å². The average Bonchev–Trinajstić information content (AvgIpc) is 3.01. The van der Waals surface area contributed by atoms with Crippen LogP contribution in [0.5, 0.6) is 0 Å².